The second kappa shape index (κ2) is 15.3. The second-order valence-corrected chi connectivity index (χ2v) is 12.9. The number of hydrogen-bond donors (Lipinski definition) is 4. The van der Waals surface area contributed by atoms with Gasteiger partial charge in [0, 0.05) is 60.5 Å². The lowest BCUT2D eigenvalue weighted by Crippen LogP contribution is -2.35. The number of carbonyl (C=O) groups excluding carboxylic acids is 2. The molecular formula is C34H33Cl2N7O4S. The summed E-state index contributed by atoms with van der Waals surface area (Å²) in [6, 6.07) is 17.3. The maximum absolute atomic E-state index is 11.5. The Morgan fingerprint density at radius 2 is 1.77 bits per heavy atom. The van der Waals surface area contributed by atoms with Crippen molar-refractivity contribution in [1.82, 2.24) is 30.9 Å². The Balaban J connectivity index is 1.21. The summed E-state index contributed by atoms with van der Waals surface area (Å²) in [5.74, 6) is 0.802. The molecule has 4 heterocycles. The fraction of sp³-hybridized carbons (Fsp3) is 0.265. The molecule has 48 heavy (non-hydrogen) atoms. The molecule has 0 aliphatic carbocycles. The molecule has 4 N–H and O–H groups in total. The number of thiazole rings is 1. The number of esters is 1. The highest BCUT2D eigenvalue weighted by Crippen LogP contribution is 2.42. The van der Waals surface area contributed by atoms with Crippen molar-refractivity contribution in [1.29, 1.82) is 0 Å². The molecule has 11 nitrogen and oxygen atoms in total. The number of ether oxygens (including phenoxy) is 2. The second-order valence-electron chi connectivity index (χ2n) is 11.1. The van der Waals surface area contributed by atoms with Gasteiger partial charge < -0.3 is 30.7 Å². The Morgan fingerprint density at radius 3 is 2.54 bits per heavy atom. The lowest BCUT2D eigenvalue weighted by molar-refractivity contribution is -0.139. The molecular weight excluding hydrogens is 673 g/mol. The largest absolute Gasteiger partial charge is 0.481 e. The van der Waals surface area contributed by atoms with Crippen molar-refractivity contribution in [3.05, 3.63) is 81.4 Å². The quantitative estimate of drug-likeness (QED) is 0.106. The summed E-state index contributed by atoms with van der Waals surface area (Å²) in [7, 11) is 2.94. The number of aromatic nitrogens is 3. The number of carbonyl (C=O) groups is 2. The van der Waals surface area contributed by atoms with Crippen molar-refractivity contribution in [2.45, 2.75) is 32.0 Å². The zero-order valence-electron chi connectivity index (χ0n) is 26.2. The number of hydrogen-bond acceptors (Lipinski definition) is 11. The fourth-order valence-corrected chi connectivity index (χ4v) is 6.99. The van der Waals surface area contributed by atoms with Crippen LogP contribution in [0, 0.1) is 0 Å². The molecule has 14 heteroatoms. The summed E-state index contributed by atoms with van der Waals surface area (Å²) in [6.45, 7) is 1.73. The van der Waals surface area contributed by atoms with E-state index in [9.17, 15) is 9.59 Å². The number of nitrogens with zero attached hydrogens (tertiary/aromatic N) is 3. The van der Waals surface area contributed by atoms with E-state index in [1.807, 2.05) is 54.6 Å². The molecule has 1 saturated heterocycles. The van der Waals surface area contributed by atoms with Gasteiger partial charge >= 0.3 is 5.97 Å². The summed E-state index contributed by atoms with van der Waals surface area (Å²) in [4.78, 5) is 37.0. The van der Waals surface area contributed by atoms with Crippen LogP contribution in [0.4, 0.5) is 11.5 Å². The van der Waals surface area contributed by atoms with E-state index in [0.717, 1.165) is 38.4 Å². The van der Waals surface area contributed by atoms with Crippen LogP contribution in [0.1, 0.15) is 23.4 Å². The van der Waals surface area contributed by atoms with Crippen LogP contribution < -0.4 is 26.0 Å². The lowest BCUT2D eigenvalue weighted by atomic mass is 10.00. The third-order valence-electron chi connectivity index (χ3n) is 7.86. The SMILES string of the molecule is COC(=O)CNCc1nc2c(Nc3cccc(-c4cccc(-c5ccc(CNC[C@@H]6CCC(=O)N6)c(OC)n5)c4Cl)c3Cl)nccc2s1. The molecule has 3 aromatic heterocycles. The van der Waals surface area contributed by atoms with Crippen molar-refractivity contribution in [2.24, 2.45) is 0 Å². The minimum absolute atomic E-state index is 0.0944. The monoisotopic (exact) mass is 705 g/mol. The van der Waals surface area contributed by atoms with Gasteiger partial charge in [0.05, 0.1) is 46.9 Å². The van der Waals surface area contributed by atoms with Crippen LogP contribution >= 0.6 is 34.5 Å². The number of halogens is 2. The van der Waals surface area contributed by atoms with Crippen molar-refractivity contribution >= 4 is 68.1 Å². The maximum Gasteiger partial charge on any atom is 0.319 e. The molecule has 2 aromatic carbocycles. The van der Waals surface area contributed by atoms with Crippen molar-refractivity contribution < 1.29 is 19.1 Å². The number of amides is 1. The van der Waals surface area contributed by atoms with Gasteiger partial charge in [0.15, 0.2) is 5.82 Å². The van der Waals surface area contributed by atoms with Crippen LogP contribution in [0.3, 0.4) is 0 Å². The van der Waals surface area contributed by atoms with Crippen LogP contribution in [0.15, 0.2) is 60.8 Å². The number of anilines is 2. The normalized spacial score (nSPS) is 14.2. The topological polar surface area (TPSA) is 139 Å². The van der Waals surface area contributed by atoms with Gasteiger partial charge in [0.25, 0.3) is 0 Å². The maximum atomic E-state index is 11.5. The van der Waals surface area contributed by atoms with Crippen LogP contribution in [-0.2, 0) is 27.4 Å². The van der Waals surface area contributed by atoms with Crippen LogP contribution in [-0.4, -0.2) is 60.2 Å². The fourth-order valence-electron chi connectivity index (χ4n) is 5.46. The Kier molecular flexibility index (Phi) is 10.7. The van der Waals surface area contributed by atoms with E-state index in [1.165, 1.54) is 18.4 Å². The minimum atomic E-state index is -0.342. The van der Waals surface area contributed by atoms with E-state index in [1.54, 1.807) is 13.3 Å². The number of fused-ring (bicyclic) bond motifs is 1. The van der Waals surface area contributed by atoms with Crippen molar-refractivity contribution in [3.8, 4) is 28.3 Å². The molecule has 5 aromatic rings. The molecule has 248 valence electrons. The molecule has 1 aliphatic heterocycles. The summed E-state index contributed by atoms with van der Waals surface area (Å²) in [5.41, 5.74) is 5.10. The van der Waals surface area contributed by atoms with Crippen LogP contribution in [0.2, 0.25) is 10.0 Å². The van der Waals surface area contributed by atoms with Crippen molar-refractivity contribution in [2.75, 3.05) is 32.6 Å². The highest BCUT2D eigenvalue weighted by molar-refractivity contribution is 7.18. The van der Waals surface area contributed by atoms with Gasteiger partial charge in [-0.3, -0.25) is 9.59 Å². The molecule has 6 rings (SSSR count). The number of pyridine rings is 2. The zero-order chi connectivity index (χ0) is 33.6. The predicted octanol–water partition coefficient (Wildman–Crippen LogP) is 6.11. The van der Waals surface area contributed by atoms with Gasteiger partial charge in [-0.2, -0.15) is 0 Å². The first-order valence-electron chi connectivity index (χ1n) is 15.2. The summed E-state index contributed by atoms with van der Waals surface area (Å²) in [6.07, 6.45) is 3.11. The Bertz CT molecular complexity index is 1970. The van der Waals surface area contributed by atoms with E-state index in [4.69, 9.17) is 37.9 Å². The Hall–Kier alpha value is -4.33. The smallest absolute Gasteiger partial charge is 0.319 e. The van der Waals surface area contributed by atoms with Crippen LogP contribution in [0.5, 0.6) is 5.88 Å². The number of benzene rings is 2. The van der Waals surface area contributed by atoms with Gasteiger partial charge in [-0.25, -0.2) is 15.0 Å². The third kappa shape index (κ3) is 7.53. The number of nitrogens with one attached hydrogen (secondary N) is 4. The average Bonchev–Trinajstić information content (AvgIpc) is 3.72. The van der Waals surface area contributed by atoms with Gasteiger partial charge in [-0.05, 0) is 24.6 Å². The Morgan fingerprint density at radius 1 is 0.979 bits per heavy atom. The highest BCUT2D eigenvalue weighted by atomic mass is 35.5. The molecule has 1 aliphatic rings. The highest BCUT2D eigenvalue weighted by Gasteiger charge is 2.21. The summed E-state index contributed by atoms with van der Waals surface area (Å²) >= 11 is 15.6. The summed E-state index contributed by atoms with van der Waals surface area (Å²) < 4.78 is 11.3. The average molecular weight is 707 g/mol. The Labute approximate surface area is 291 Å². The minimum Gasteiger partial charge on any atom is -0.481 e. The van der Waals surface area contributed by atoms with Crippen LogP contribution in [0.25, 0.3) is 32.6 Å². The van der Waals surface area contributed by atoms with E-state index in [-0.39, 0.29) is 24.5 Å². The van der Waals surface area contributed by atoms with E-state index < -0.39 is 0 Å². The van der Waals surface area contributed by atoms with Gasteiger partial charge in [-0.1, -0.05) is 59.6 Å². The van der Waals surface area contributed by atoms with Gasteiger partial charge in [0.2, 0.25) is 11.8 Å². The lowest BCUT2D eigenvalue weighted by Gasteiger charge is -2.16. The van der Waals surface area contributed by atoms with E-state index >= 15 is 0 Å². The van der Waals surface area contributed by atoms with E-state index in [2.05, 4.69) is 31.0 Å². The standard InChI is InChI=1S/C34H33Cl2N7O4S/c1-46-29(45)18-38-17-28-43-32-26(48-28)13-14-39-33(32)41-25-8-4-6-22(31(25)36)21-5-3-7-23(30(21)35)24-11-9-19(34(42-24)47-2)15-37-16-20-10-12-27(44)40-20/h3-9,11,13-14,20,37-38H,10,12,15-18H2,1-2H3,(H,39,41)(H,40,44)/t20-/m0/s1. The molecule has 0 saturated carbocycles. The van der Waals surface area contributed by atoms with Crippen molar-refractivity contribution in [3.63, 3.8) is 0 Å². The number of methoxy groups -OCH3 is 2. The summed E-state index contributed by atoms with van der Waals surface area (Å²) in [5, 5.41) is 14.5. The first kappa shape index (κ1) is 33.6. The zero-order valence-corrected chi connectivity index (χ0v) is 28.6. The van der Waals surface area contributed by atoms with Gasteiger partial charge in [0.1, 0.15) is 10.5 Å². The molecule has 0 unspecified atom stereocenters. The number of rotatable bonds is 13. The molecule has 0 bridgehead atoms. The predicted molar refractivity (Wildman–Crippen MR) is 189 cm³/mol. The molecule has 1 amide bonds. The van der Waals surface area contributed by atoms with E-state index in [0.29, 0.717) is 64.7 Å². The van der Waals surface area contributed by atoms with Gasteiger partial charge in [-0.15, -0.1) is 11.3 Å². The first-order chi connectivity index (χ1) is 23.3. The molecule has 1 fully saturated rings. The third-order valence-corrected chi connectivity index (χ3v) is 9.70. The molecule has 0 spiro atoms. The first-order valence-corrected chi connectivity index (χ1v) is 16.8. The molecule has 1 atom stereocenters. The molecule has 0 radical (unpaired) electrons.